The largest absolute Gasteiger partial charge is 0.352 e. The van der Waals surface area contributed by atoms with Gasteiger partial charge in [0.25, 0.3) is 0 Å². The fraction of sp³-hybridized carbons (Fsp3) is 0.938. The van der Waals surface area contributed by atoms with Gasteiger partial charge in [-0.2, -0.15) is 11.8 Å². The minimum Gasteiger partial charge on any atom is -0.352 e. The van der Waals surface area contributed by atoms with Gasteiger partial charge >= 0.3 is 0 Å². The second-order valence-corrected chi connectivity index (χ2v) is 7.35. The molecule has 1 aliphatic carbocycles. The molecule has 4 heteroatoms. The van der Waals surface area contributed by atoms with Gasteiger partial charge in [0, 0.05) is 17.3 Å². The van der Waals surface area contributed by atoms with Crippen molar-refractivity contribution in [3.8, 4) is 0 Å². The molecule has 1 rings (SSSR count). The Kier molecular flexibility index (Phi) is 7.96. The van der Waals surface area contributed by atoms with E-state index in [0.717, 1.165) is 19.4 Å². The molecule has 0 spiro atoms. The Labute approximate surface area is 129 Å². The molecule has 3 nitrogen and oxygen atoms in total. The smallest absolute Gasteiger partial charge is 0.237 e. The topological polar surface area (TPSA) is 41.1 Å². The van der Waals surface area contributed by atoms with Crippen LogP contribution >= 0.6 is 11.8 Å². The third-order valence-electron chi connectivity index (χ3n) is 4.65. The lowest BCUT2D eigenvalue weighted by Gasteiger charge is -2.36. The molecule has 1 fully saturated rings. The van der Waals surface area contributed by atoms with Crippen LogP contribution in [0.15, 0.2) is 0 Å². The number of amides is 1. The highest BCUT2D eigenvalue weighted by atomic mass is 32.2. The average molecular weight is 301 g/mol. The summed E-state index contributed by atoms with van der Waals surface area (Å²) in [4.78, 5) is 12.2. The minimum absolute atomic E-state index is 0.0958. The first-order valence-corrected chi connectivity index (χ1v) is 9.38. The summed E-state index contributed by atoms with van der Waals surface area (Å²) in [6, 6.07) is 0.220. The zero-order valence-corrected chi connectivity index (χ0v) is 14.4. The maximum Gasteiger partial charge on any atom is 0.237 e. The van der Waals surface area contributed by atoms with Crippen molar-refractivity contribution in [2.24, 2.45) is 0 Å². The van der Waals surface area contributed by atoms with Crippen LogP contribution in [0.3, 0.4) is 0 Å². The number of carbonyl (C=O) groups excluding carboxylic acids is 1. The van der Waals surface area contributed by atoms with Crippen molar-refractivity contribution < 1.29 is 4.79 Å². The number of thioether (sulfide) groups is 1. The molecule has 118 valence electrons. The van der Waals surface area contributed by atoms with Crippen LogP contribution in [0.5, 0.6) is 0 Å². The third-order valence-corrected chi connectivity index (χ3v) is 6.07. The minimum atomic E-state index is -0.0958. The van der Waals surface area contributed by atoms with Crippen LogP contribution in [0, 0.1) is 0 Å². The Morgan fingerprint density at radius 1 is 1.20 bits per heavy atom. The molecule has 20 heavy (non-hydrogen) atoms. The van der Waals surface area contributed by atoms with Gasteiger partial charge in [-0.25, -0.2) is 0 Å². The molecule has 1 amide bonds. The first-order valence-electron chi connectivity index (χ1n) is 8.15. The number of hydrogen-bond donors (Lipinski definition) is 2. The van der Waals surface area contributed by atoms with Crippen LogP contribution in [0.25, 0.3) is 0 Å². The van der Waals surface area contributed by atoms with Crippen LogP contribution in [-0.4, -0.2) is 35.5 Å². The molecule has 1 unspecified atom stereocenters. The van der Waals surface area contributed by atoms with Gasteiger partial charge < -0.3 is 10.6 Å². The van der Waals surface area contributed by atoms with E-state index < -0.39 is 0 Å². The fourth-order valence-corrected chi connectivity index (χ4v) is 3.82. The molecule has 1 atom stereocenters. The van der Waals surface area contributed by atoms with Crippen LogP contribution in [0.4, 0.5) is 0 Å². The number of carbonyl (C=O) groups is 1. The highest BCUT2D eigenvalue weighted by Gasteiger charge is 2.31. The first-order chi connectivity index (χ1) is 9.56. The molecule has 0 radical (unpaired) electrons. The molecule has 0 aromatic carbocycles. The van der Waals surface area contributed by atoms with E-state index in [4.69, 9.17) is 0 Å². The van der Waals surface area contributed by atoms with Gasteiger partial charge in [0.05, 0.1) is 6.04 Å². The highest BCUT2D eigenvalue weighted by molar-refractivity contribution is 8.00. The Bertz CT molecular complexity index is 286. The van der Waals surface area contributed by atoms with Crippen molar-refractivity contribution >= 4 is 17.7 Å². The summed E-state index contributed by atoms with van der Waals surface area (Å²) in [5.74, 6) is 0.144. The summed E-state index contributed by atoms with van der Waals surface area (Å²) >= 11 is 1.98. The molecule has 0 aromatic rings. The van der Waals surface area contributed by atoms with Crippen LogP contribution < -0.4 is 10.6 Å². The molecule has 1 saturated carbocycles. The second-order valence-electron chi connectivity index (χ2n) is 6.07. The fourth-order valence-electron chi connectivity index (χ4n) is 2.90. The molecule has 0 aliphatic heterocycles. The van der Waals surface area contributed by atoms with E-state index in [-0.39, 0.29) is 11.9 Å². The average Bonchev–Trinajstić information content (AvgIpc) is 2.50. The van der Waals surface area contributed by atoms with E-state index in [1.807, 2.05) is 18.7 Å². The van der Waals surface area contributed by atoms with Gasteiger partial charge in [-0.1, -0.05) is 33.1 Å². The van der Waals surface area contributed by atoms with E-state index in [0.29, 0.717) is 10.8 Å². The van der Waals surface area contributed by atoms with Gasteiger partial charge in [0.2, 0.25) is 5.91 Å². The quantitative estimate of drug-likeness (QED) is 0.722. The van der Waals surface area contributed by atoms with Crippen molar-refractivity contribution in [3.63, 3.8) is 0 Å². The molecular weight excluding hydrogens is 268 g/mol. The molecule has 0 bridgehead atoms. The van der Waals surface area contributed by atoms with Gasteiger partial charge in [0.1, 0.15) is 0 Å². The summed E-state index contributed by atoms with van der Waals surface area (Å²) in [6.45, 7) is 7.18. The van der Waals surface area contributed by atoms with Crippen LogP contribution in [0.2, 0.25) is 0 Å². The molecule has 0 aromatic heterocycles. The van der Waals surface area contributed by atoms with Crippen LogP contribution in [-0.2, 0) is 4.79 Å². The molecule has 0 saturated heterocycles. The predicted octanol–water partition coefficient (Wildman–Crippen LogP) is 3.34. The lowest BCUT2D eigenvalue weighted by Crippen LogP contribution is -2.50. The van der Waals surface area contributed by atoms with Gasteiger partial charge in [-0.3, -0.25) is 4.79 Å². The molecular formula is C16H32N2OS. The maximum absolute atomic E-state index is 12.2. The monoisotopic (exact) mass is 300 g/mol. The third kappa shape index (κ3) is 5.28. The lowest BCUT2D eigenvalue weighted by molar-refractivity contribution is -0.123. The van der Waals surface area contributed by atoms with E-state index in [9.17, 15) is 4.79 Å². The van der Waals surface area contributed by atoms with Crippen molar-refractivity contribution in [2.75, 3.05) is 12.8 Å². The zero-order valence-electron chi connectivity index (χ0n) is 13.6. The zero-order chi connectivity index (χ0) is 15.0. The number of hydrogen-bond acceptors (Lipinski definition) is 3. The predicted molar refractivity (Wildman–Crippen MR) is 89.3 cm³/mol. The van der Waals surface area contributed by atoms with E-state index in [1.165, 1.54) is 32.1 Å². The van der Waals surface area contributed by atoms with Gasteiger partial charge in [-0.05, 0) is 38.9 Å². The summed E-state index contributed by atoms with van der Waals surface area (Å²) < 4.78 is 0.349. The normalized spacial score (nSPS) is 19.9. The summed E-state index contributed by atoms with van der Waals surface area (Å²) in [5, 5.41) is 6.59. The van der Waals surface area contributed by atoms with Gasteiger partial charge in [-0.15, -0.1) is 0 Å². The Hall–Kier alpha value is -0.220. The lowest BCUT2D eigenvalue weighted by atomic mass is 9.88. The number of rotatable bonds is 8. The van der Waals surface area contributed by atoms with Crippen molar-refractivity contribution in [3.05, 3.63) is 0 Å². The Balaban J connectivity index is 2.40. The second kappa shape index (κ2) is 8.93. The Morgan fingerprint density at radius 2 is 1.80 bits per heavy atom. The Morgan fingerprint density at radius 3 is 2.30 bits per heavy atom. The van der Waals surface area contributed by atoms with E-state index in [2.05, 4.69) is 30.7 Å². The van der Waals surface area contributed by atoms with Crippen molar-refractivity contribution in [1.29, 1.82) is 0 Å². The summed E-state index contributed by atoms with van der Waals surface area (Å²) in [7, 11) is 0. The van der Waals surface area contributed by atoms with Crippen molar-refractivity contribution in [1.82, 2.24) is 10.6 Å². The molecule has 0 heterocycles. The van der Waals surface area contributed by atoms with Crippen LogP contribution in [0.1, 0.15) is 65.7 Å². The number of nitrogens with one attached hydrogen (secondary N) is 2. The highest BCUT2D eigenvalue weighted by Crippen LogP contribution is 2.37. The molecule has 2 N–H and O–H groups in total. The first kappa shape index (κ1) is 17.8. The van der Waals surface area contributed by atoms with Gasteiger partial charge in [0.15, 0.2) is 0 Å². The van der Waals surface area contributed by atoms with E-state index in [1.54, 1.807) is 0 Å². The SMILES string of the molecule is CCC(CC)NC(=O)C(C)NCC1(SC)CCCCC1. The molecule has 1 aliphatic rings. The van der Waals surface area contributed by atoms with Crippen molar-refractivity contribution in [2.45, 2.75) is 82.5 Å². The summed E-state index contributed by atoms with van der Waals surface area (Å²) in [6.07, 6.45) is 10.8. The standard InChI is InChI=1S/C16H32N2OS/c1-5-14(6-2)18-15(19)13(3)17-12-16(20-4)10-8-7-9-11-16/h13-14,17H,5-12H2,1-4H3,(H,18,19). The summed E-state index contributed by atoms with van der Waals surface area (Å²) in [5.41, 5.74) is 0. The maximum atomic E-state index is 12.2. The van der Waals surface area contributed by atoms with E-state index >= 15 is 0 Å².